The largest absolute Gasteiger partial charge is 0.294 e. The second kappa shape index (κ2) is 5.15. The molecule has 0 bridgehead atoms. The maximum atomic E-state index is 11.6. The fraction of sp³-hybridized carbons (Fsp3) is 0.400. The van der Waals surface area contributed by atoms with Gasteiger partial charge in [0, 0.05) is 19.9 Å². The Labute approximate surface area is 97.0 Å². The number of Topliss-reactive ketones (excluding diaryl/α,β-unsaturated/α-hetero) is 1. The van der Waals surface area contributed by atoms with Crippen LogP contribution in [0.25, 0.3) is 0 Å². The van der Waals surface area contributed by atoms with Crippen LogP contribution in [-0.2, 0) is 7.05 Å². The Balaban J connectivity index is 2.68. The molecule has 0 aromatic carbocycles. The van der Waals surface area contributed by atoms with Crippen molar-refractivity contribution in [1.82, 2.24) is 9.78 Å². The third-order valence-corrected chi connectivity index (χ3v) is 3.10. The Morgan fingerprint density at radius 3 is 2.93 bits per heavy atom. The summed E-state index contributed by atoms with van der Waals surface area (Å²) in [4.78, 5) is 11.6. The van der Waals surface area contributed by atoms with E-state index < -0.39 is 0 Å². The molecule has 0 aliphatic carbocycles. The fourth-order valence-corrected chi connectivity index (χ4v) is 1.61. The molecule has 0 saturated heterocycles. The number of hydrogen-bond acceptors (Lipinski definition) is 2. The van der Waals surface area contributed by atoms with Crippen molar-refractivity contribution in [2.45, 2.75) is 19.8 Å². The number of aryl methyl sites for hydroxylation is 1. The highest BCUT2D eigenvalue weighted by Gasteiger charge is 2.12. The van der Waals surface area contributed by atoms with Gasteiger partial charge in [-0.1, -0.05) is 0 Å². The van der Waals surface area contributed by atoms with Crippen LogP contribution in [0.4, 0.5) is 0 Å². The molecule has 0 N–H and O–H groups in total. The highest BCUT2D eigenvalue weighted by molar-refractivity contribution is 14.1. The summed E-state index contributed by atoms with van der Waals surface area (Å²) in [5.41, 5.74) is 0.700. The molecule has 74 valence electrons. The summed E-state index contributed by atoms with van der Waals surface area (Å²) in [6, 6.07) is 0. The molecule has 0 aliphatic rings. The van der Waals surface area contributed by atoms with Gasteiger partial charge in [-0.15, -0.1) is 11.8 Å². The molecule has 14 heavy (non-hydrogen) atoms. The van der Waals surface area contributed by atoms with Gasteiger partial charge >= 0.3 is 0 Å². The summed E-state index contributed by atoms with van der Waals surface area (Å²) in [7, 11) is 1.82. The molecule has 0 radical (unpaired) electrons. The summed E-state index contributed by atoms with van der Waals surface area (Å²) < 4.78 is 2.58. The van der Waals surface area contributed by atoms with Crippen molar-refractivity contribution < 1.29 is 4.79 Å². The number of carbonyl (C=O) groups excluding carboxylic acids is 1. The summed E-state index contributed by atoms with van der Waals surface area (Å²) >= 11 is 2.12. The van der Waals surface area contributed by atoms with Gasteiger partial charge in [-0.25, -0.2) is 0 Å². The maximum absolute atomic E-state index is 11.6. The van der Waals surface area contributed by atoms with Gasteiger partial charge in [0.05, 0.1) is 11.8 Å². The smallest absolute Gasteiger partial charge is 0.168 e. The summed E-state index contributed by atoms with van der Waals surface area (Å²) in [5.74, 6) is 5.76. The molecule has 1 aromatic heterocycles. The first-order chi connectivity index (χ1) is 6.66. The lowest BCUT2D eigenvalue weighted by Crippen LogP contribution is -2.01. The maximum Gasteiger partial charge on any atom is 0.168 e. The molecule has 0 unspecified atom stereocenters. The Morgan fingerprint density at radius 1 is 1.71 bits per heavy atom. The van der Waals surface area contributed by atoms with Crippen LogP contribution in [0.15, 0.2) is 6.20 Å². The van der Waals surface area contributed by atoms with Crippen molar-refractivity contribution in [3.63, 3.8) is 0 Å². The Morgan fingerprint density at radius 2 is 2.43 bits per heavy atom. The molecule has 1 heterocycles. The van der Waals surface area contributed by atoms with Gasteiger partial charge < -0.3 is 0 Å². The minimum atomic E-state index is 0.116. The fourth-order valence-electron chi connectivity index (χ4n) is 1.05. The SMILES string of the molecule is CC#CCCC(=O)c1cnn(C)c1I. The van der Waals surface area contributed by atoms with Gasteiger partial charge in [0.15, 0.2) is 5.78 Å². The van der Waals surface area contributed by atoms with Crippen molar-refractivity contribution >= 4 is 28.4 Å². The molecule has 0 amide bonds. The Bertz CT molecular complexity index is 398. The second-order valence-electron chi connectivity index (χ2n) is 2.82. The minimum Gasteiger partial charge on any atom is -0.294 e. The van der Waals surface area contributed by atoms with E-state index in [1.807, 2.05) is 7.05 Å². The van der Waals surface area contributed by atoms with Crippen molar-refractivity contribution in [3.05, 3.63) is 15.5 Å². The lowest BCUT2D eigenvalue weighted by Gasteiger charge is -1.95. The third kappa shape index (κ3) is 2.58. The molecule has 0 aliphatic heterocycles. The van der Waals surface area contributed by atoms with Crippen molar-refractivity contribution in [1.29, 1.82) is 0 Å². The van der Waals surface area contributed by atoms with Crippen molar-refractivity contribution in [3.8, 4) is 11.8 Å². The zero-order chi connectivity index (χ0) is 10.6. The van der Waals surface area contributed by atoms with Crippen LogP contribution < -0.4 is 0 Å². The number of halogens is 1. The van der Waals surface area contributed by atoms with E-state index in [2.05, 4.69) is 39.5 Å². The Hall–Kier alpha value is -0.830. The van der Waals surface area contributed by atoms with E-state index in [0.29, 0.717) is 18.4 Å². The molecule has 0 fully saturated rings. The molecular formula is C10H11IN2O. The number of aromatic nitrogens is 2. The monoisotopic (exact) mass is 302 g/mol. The van der Waals surface area contributed by atoms with Gasteiger partial charge in [0.2, 0.25) is 0 Å². The molecule has 1 aromatic rings. The van der Waals surface area contributed by atoms with E-state index in [9.17, 15) is 4.79 Å². The number of rotatable bonds is 3. The van der Waals surface area contributed by atoms with Crippen LogP contribution in [0.5, 0.6) is 0 Å². The van der Waals surface area contributed by atoms with Crippen LogP contribution in [0.1, 0.15) is 30.1 Å². The van der Waals surface area contributed by atoms with Crippen molar-refractivity contribution in [2.75, 3.05) is 0 Å². The van der Waals surface area contributed by atoms with Gasteiger partial charge in [-0.2, -0.15) is 5.10 Å². The quantitative estimate of drug-likeness (QED) is 0.486. The van der Waals surface area contributed by atoms with Gasteiger partial charge in [0.25, 0.3) is 0 Å². The predicted molar refractivity (Wildman–Crippen MR) is 62.9 cm³/mol. The van der Waals surface area contributed by atoms with Crippen LogP contribution in [0.3, 0.4) is 0 Å². The van der Waals surface area contributed by atoms with Crippen LogP contribution >= 0.6 is 22.6 Å². The predicted octanol–water partition coefficient (Wildman–Crippen LogP) is 2.01. The molecule has 0 saturated carbocycles. The average molecular weight is 302 g/mol. The van der Waals surface area contributed by atoms with E-state index in [1.54, 1.807) is 17.8 Å². The molecule has 0 atom stereocenters. The lowest BCUT2D eigenvalue weighted by atomic mass is 10.1. The van der Waals surface area contributed by atoms with E-state index in [4.69, 9.17) is 0 Å². The van der Waals surface area contributed by atoms with E-state index in [1.165, 1.54) is 0 Å². The number of carbonyl (C=O) groups is 1. The van der Waals surface area contributed by atoms with Crippen LogP contribution in [-0.4, -0.2) is 15.6 Å². The minimum absolute atomic E-state index is 0.116. The molecule has 1 rings (SSSR count). The molecule has 0 spiro atoms. The average Bonchev–Trinajstić information content (AvgIpc) is 2.48. The first kappa shape index (κ1) is 11.2. The first-order valence-corrected chi connectivity index (χ1v) is 5.35. The Kier molecular flexibility index (Phi) is 4.14. The summed E-state index contributed by atoms with van der Waals surface area (Å²) in [5, 5.41) is 4.02. The first-order valence-electron chi connectivity index (χ1n) is 4.27. The van der Waals surface area contributed by atoms with Crippen LogP contribution in [0.2, 0.25) is 0 Å². The lowest BCUT2D eigenvalue weighted by molar-refractivity contribution is 0.0983. The van der Waals surface area contributed by atoms with E-state index in [0.717, 1.165) is 3.70 Å². The second-order valence-corrected chi connectivity index (χ2v) is 3.84. The number of nitrogens with zero attached hydrogens (tertiary/aromatic N) is 2. The highest BCUT2D eigenvalue weighted by atomic mass is 127. The van der Waals surface area contributed by atoms with Gasteiger partial charge in [-0.05, 0) is 29.5 Å². The van der Waals surface area contributed by atoms with Crippen LogP contribution in [0, 0.1) is 15.5 Å². The third-order valence-electron chi connectivity index (χ3n) is 1.82. The van der Waals surface area contributed by atoms with Gasteiger partial charge in [0.1, 0.15) is 3.70 Å². The number of hydrogen-bond donors (Lipinski definition) is 0. The molecular weight excluding hydrogens is 291 g/mol. The summed E-state index contributed by atoms with van der Waals surface area (Å²) in [6.45, 7) is 1.78. The highest BCUT2D eigenvalue weighted by Crippen LogP contribution is 2.13. The van der Waals surface area contributed by atoms with Crippen molar-refractivity contribution in [2.24, 2.45) is 7.05 Å². The normalized spacial score (nSPS) is 9.36. The topological polar surface area (TPSA) is 34.9 Å². The molecule has 4 heteroatoms. The standard InChI is InChI=1S/C10H11IN2O/c1-3-4-5-6-9(14)8-7-12-13(2)10(8)11/h7H,5-6H2,1-2H3. The zero-order valence-corrected chi connectivity index (χ0v) is 10.3. The zero-order valence-electron chi connectivity index (χ0n) is 8.17. The van der Waals surface area contributed by atoms with E-state index in [-0.39, 0.29) is 5.78 Å². The van der Waals surface area contributed by atoms with E-state index >= 15 is 0 Å². The number of ketones is 1. The van der Waals surface area contributed by atoms with Gasteiger partial charge in [-0.3, -0.25) is 9.48 Å². The summed E-state index contributed by atoms with van der Waals surface area (Å²) in [6.07, 6.45) is 2.71. The molecule has 3 nitrogen and oxygen atoms in total.